The monoisotopic (exact) mass is 352 g/mol. The summed E-state index contributed by atoms with van der Waals surface area (Å²) in [6.07, 6.45) is 5.96. The Hall–Kier alpha value is -1.26. The Kier molecular flexibility index (Phi) is 6.16. The lowest BCUT2D eigenvalue weighted by Gasteiger charge is -2.38. The van der Waals surface area contributed by atoms with Crippen molar-refractivity contribution in [1.82, 2.24) is 4.90 Å². The van der Waals surface area contributed by atoms with E-state index in [1.54, 1.807) is 7.11 Å². The molecule has 0 aromatic heterocycles. The summed E-state index contributed by atoms with van der Waals surface area (Å²) < 4.78 is 5.49. The lowest BCUT2D eigenvalue weighted by molar-refractivity contribution is -0.138. The number of carbonyl (C=O) groups is 1. The highest BCUT2D eigenvalue weighted by Crippen LogP contribution is 2.44. The highest BCUT2D eigenvalue weighted by Gasteiger charge is 2.45. The minimum absolute atomic E-state index is 0. The Morgan fingerprint density at radius 3 is 2.46 bits per heavy atom. The Balaban J connectivity index is 0.00000208. The van der Waals surface area contributed by atoms with Crippen LogP contribution in [0.1, 0.15) is 49.7 Å². The van der Waals surface area contributed by atoms with Crippen molar-refractivity contribution in [3.05, 3.63) is 29.3 Å². The van der Waals surface area contributed by atoms with Crippen molar-refractivity contribution >= 4 is 18.3 Å². The Morgan fingerprint density at radius 1 is 1.25 bits per heavy atom. The summed E-state index contributed by atoms with van der Waals surface area (Å²) >= 11 is 0. The first-order valence-electron chi connectivity index (χ1n) is 8.77. The predicted molar refractivity (Wildman–Crippen MR) is 98.9 cm³/mol. The van der Waals surface area contributed by atoms with Crippen molar-refractivity contribution in [2.75, 3.05) is 20.2 Å². The number of carbonyl (C=O) groups excluding carboxylic acids is 1. The van der Waals surface area contributed by atoms with Crippen LogP contribution in [0.4, 0.5) is 0 Å². The smallest absolute Gasteiger partial charge is 0.233 e. The zero-order valence-electron chi connectivity index (χ0n) is 14.7. The van der Waals surface area contributed by atoms with E-state index in [0.717, 1.165) is 68.5 Å². The van der Waals surface area contributed by atoms with E-state index in [1.165, 1.54) is 0 Å². The van der Waals surface area contributed by atoms with Crippen LogP contribution in [-0.4, -0.2) is 37.0 Å². The van der Waals surface area contributed by atoms with Gasteiger partial charge in [-0.1, -0.05) is 25.0 Å². The topological polar surface area (TPSA) is 55.6 Å². The first-order chi connectivity index (χ1) is 11.1. The number of rotatable bonds is 3. The molecule has 1 saturated heterocycles. The normalized spacial score (nSPS) is 20.5. The second kappa shape index (κ2) is 7.75. The van der Waals surface area contributed by atoms with Gasteiger partial charge in [-0.3, -0.25) is 4.79 Å². The number of nitrogens with zero attached hydrogens (tertiary/aromatic N) is 1. The molecule has 2 N–H and O–H groups in total. The molecule has 0 radical (unpaired) electrons. The van der Waals surface area contributed by atoms with Crippen molar-refractivity contribution in [3.8, 4) is 5.75 Å². The molecule has 0 atom stereocenters. The van der Waals surface area contributed by atoms with Gasteiger partial charge in [0.1, 0.15) is 5.75 Å². The molecule has 24 heavy (non-hydrogen) atoms. The molecule has 0 unspecified atom stereocenters. The molecular formula is C19H29ClN2O2. The van der Waals surface area contributed by atoms with Crippen LogP contribution in [0.3, 0.4) is 0 Å². The fourth-order valence-corrected chi connectivity index (χ4v) is 4.13. The van der Waals surface area contributed by atoms with Gasteiger partial charge in [-0.15, -0.1) is 12.4 Å². The van der Waals surface area contributed by atoms with Crippen LogP contribution < -0.4 is 10.5 Å². The standard InChI is InChI=1S/C19H28N2O2.ClH/c1-14-5-6-15(13-17(14)23-2)19(9-3-4-10-19)18(22)21-11-7-16(20)8-12-21;/h5-6,13,16H,3-4,7-12,20H2,1-2H3;1H. The van der Waals surface area contributed by atoms with Gasteiger partial charge in [0.15, 0.2) is 0 Å². The maximum Gasteiger partial charge on any atom is 0.233 e. The van der Waals surface area contributed by atoms with Gasteiger partial charge in [-0.05, 0) is 49.8 Å². The van der Waals surface area contributed by atoms with Crippen molar-refractivity contribution < 1.29 is 9.53 Å². The van der Waals surface area contributed by atoms with Gasteiger partial charge in [0.25, 0.3) is 0 Å². The minimum Gasteiger partial charge on any atom is -0.496 e. The number of likely N-dealkylation sites (tertiary alicyclic amines) is 1. The summed E-state index contributed by atoms with van der Waals surface area (Å²) in [6.45, 7) is 3.63. The minimum atomic E-state index is -0.359. The largest absolute Gasteiger partial charge is 0.496 e. The molecule has 1 aromatic carbocycles. The van der Waals surface area contributed by atoms with Gasteiger partial charge in [0.05, 0.1) is 12.5 Å². The number of halogens is 1. The first kappa shape index (κ1) is 19.1. The number of aryl methyl sites for hydroxylation is 1. The van der Waals surface area contributed by atoms with Crippen LogP contribution in [0.5, 0.6) is 5.75 Å². The van der Waals surface area contributed by atoms with Crippen LogP contribution >= 0.6 is 12.4 Å². The Bertz CT molecular complexity index is 577. The number of nitrogens with two attached hydrogens (primary N) is 1. The SMILES string of the molecule is COc1cc(C2(C(=O)N3CCC(N)CC3)CCCC2)ccc1C.Cl. The zero-order chi connectivity index (χ0) is 16.4. The van der Waals surface area contributed by atoms with Gasteiger partial charge >= 0.3 is 0 Å². The maximum atomic E-state index is 13.4. The van der Waals surface area contributed by atoms with Crippen LogP contribution in [0, 0.1) is 6.92 Å². The third-order valence-corrected chi connectivity index (χ3v) is 5.65. The number of ether oxygens (including phenoxy) is 1. The van der Waals surface area contributed by atoms with Gasteiger partial charge in [-0.2, -0.15) is 0 Å². The molecule has 2 fully saturated rings. The molecule has 0 bridgehead atoms. The quantitative estimate of drug-likeness (QED) is 0.908. The van der Waals surface area contributed by atoms with Crippen molar-refractivity contribution in [2.45, 2.75) is 56.9 Å². The summed E-state index contributed by atoms with van der Waals surface area (Å²) in [5.74, 6) is 1.18. The van der Waals surface area contributed by atoms with Gasteiger partial charge in [-0.25, -0.2) is 0 Å². The number of methoxy groups -OCH3 is 1. The van der Waals surface area contributed by atoms with Crippen LogP contribution in [0.2, 0.25) is 0 Å². The first-order valence-corrected chi connectivity index (χ1v) is 8.77. The molecule has 4 nitrogen and oxygen atoms in total. The van der Waals surface area contributed by atoms with Crippen molar-refractivity contribution in [3.63, 3.8) is 0 Å². The number of piperidine rings is 1. The molecular weight excluding hydrogens is 324 g/mol. The highest BCUT2D eigenvalue weighted by atomic mass is 35.5. The van der Waals surface area contributed by atoms with Crippen LogP contribution in [-0.2, 0) is 10.2 Å². The number of hydrogen-bond donors (Lipinski definition) is 1. The zero-order valence-corrected chi connectivity index (χ0v) is 15.5. The molecule has 1 aromatic rings. The molecule has 1 aliphatic carbocycles. The van der Waals surface area contributed by atoms with Crippen LogP contribution in [0.25, 0.3) is 0 Å². The average Bonchev–Trinajstić information content (AvgIpc) is 3.06. The molecule has 5 heteroatoms. The Labute approximate surface area is 151 Å². The molecule has 134 valence electrons. The lowest BCUT2D eigenvalue weighted by Crippen LogP contribution is -2.50. The van der Waals surface area contributed by atoms with Gasteiger partial charge < -0.3 is 15.4 Å². The second-order valence-electron chi connectivity index (χ2n) is 7.10. The summed E-state index contributed by atoms with van der Waals surface area (Å²) in [5.41, 5.74) is 7.87. The summed E-state index contributed by atoms with van der Waals surface area (Å²) in [6, 6.07) is 6.52. The molecule has 1 heterocycles. The Morgan fingerprint density at radius 2 is 1.88 bits per heavy atom. The average molecular weight is 353 g/mol. The second-order valence-corrected chi connectivity index (χ2v) is 7.10. The molecule has 0 spiro atoms. The fourth-order valence-electron chi connectivity index (χ4n) is 4.13. The summed E-state index contributed by atoms with van der Waals surface area (Å²) in [4.78, 5) is 15.4. The van der Waals surface area contributed by atoms with E-state index < -0.39 is 0 Å². The van der Waals surface area contributed by atoms with E-state index in [1.807, 2.05) is 11.8 Å². The van der Waals surface area contributed by atoms with E-state index in [2.05, 4.69) is 18.2 Å². The molecule has 1 aliphatic heterocycles. The number of benzene rings is 1. The fraction of sp³-hybridized carbons (Fsp3) is 0.632. The third-order valence-electron chi connectivity index (χ3n) is 5.65. The predicted octanol–water partition coefficient (Wildman–Crippen LogP) is 3.19. The molecule has 1 saturated carbocycles. The highest BCUT2D eigenvalue weighted by molar-refractivity contribution is 5.89. The van der Waals surface area contributed by atoms with E-state index in [9.17, 15) is 4.79 Å². The van der Waals surface area contributed by atoms with Gasteiger partial charge in [0.2, 0.25) is 5.91 Å². The van der Waals surface area contributed by atoms with E-state index >= 15 is 0 Å². The lowest BCUT2D eigenvalue weighted by atomic mass is 9.76. The van der Waals surface area contributed by atoms with Crippen LogP contribution in [0.15, 0.2) is 18.2 Å². The maximum absolute atomic E-state index is 13.4. The molecule has 1 amide bonds. The van der Waals surface area contributed by atoms with E-state index in [4.69, 9.17) is 10.5 Å². The van der Waals surface area contributed by atoms with E-state index in [0.29, 0.717) is 5.91 Å². The van der Waals surface area contributed by atoms with Crippen molar-refractivity contribution in [1.29, 1.82) is 0 Å². The third kappa shape index (κ3) is 3.40. The molecule has 2 aliphatic rings. The summed E-state index contributed by atoms with van der Waals surface area (Å²) in [5, 5.41) is 0. The molecule has 3 rings (SSSR count). The number of hydrogen-bond acceptors (Lipinski definition) is 3. The summed E-state index contributed by atoms with van der Waals surface area (Å²) in [7, 11) is 1.70. The van der Waals surface area contributed by atoms with E-state index in [-0.39, 0.29) is 23.9 Å². The van der Waals surface area contributed by atoms with Crippen molar-refractivity contribution in [2.24, 2.45) is 5.73 Å². The number of amides is 1. The van der Waals surface area contributed by atoms with Gasteiger partial charge in [0, 0.05) is 19.1 Å².